The van der Waals surface area contributed by atoms with Crippen LogP contribution >= 0.6 is 27.0 Å². The second kappa shape index (κ2) is 14.9. The van der Waals surface area contributed by atoms with E-state index in [0.717, 1.165) is 0 Å². The van der Waals surface area contributed by atoms with Crippen LogP contribution < -0.4 is 10.6 Å². The number of hydrogen-bond donors (Lipinski definition) is 2. The maximum Gasteiger partial charge on any atom is 0.000442 e. The Hall–Kier alpha value is -3.08. The van der Waals surface area contributed by atoms with Gasteiger partial charge >= 0.3 is 0 Å². The first-order chi connectivity index (χ1) is 15.9. The van der Waals surface area contributed by atoms with E-state index in [4.69, 9.17) is 0 Å². The van der Waals surface area contributed by atoms with E-state index >= 15 is 0 Å². The summed E-state index contributed by atoms with van der Waals surface area (Å²) in [4.78, 5) is 0. The zero-order chi connectivity index (χ0) is 21.8. The third-order valence-electron chi connectivity index (χ3n) is 5.69. The highest BCUT2D eigenvalue weighted by molar-refractivity contribution is 7.59. The van der Waals surface area contributed by atoms with E-state index in [9.17, 15) is 0 Å². The maximum absolute atomic E-state index is 2.92. The molecule has 3 aromatic carbocycles. The Morgan fingerprint density at radius 1 is 0.471 bits per heavy atom. The third-order valence-corrected chi connectivity index (χ3v) is 5.69. The van der Waals surface area contributed by atoms with E-state index in [2.05, 4.69) is 59.2 Å². The molecule has 0 aromatic heterocycles. The lowest BCUT2D eigenvalue weighted by Crippen LogP contribution is -2.02. The molecule has 0 bridgehead atoms. The Morgan fingerprint density at radius 3 is 1.68 bits per heavy atom. The molecular weight excluding hydrogens is 452 g/mol. The summed E-state index contributed by atoms with van der Waals surface area (Å²) in [6, 6.07) is 18.0. The molecule has 176 valence electrons. The number of hydrogen-bond acceptors (Lipinski definition) is 2. The van der Waals surface area contributed by atoms with Gasteiger partial charge in [0, 0.05) is 24.8 Å². The number of nitrogens with one attached hydrogen (secondary N) is 2. The molecular formula is C30H34N2S2. The fourth-order valence-electron chi connectivity index (χ4n) is 4.15. The fraction of sp³-hybridized carbons (Fsp3) is 0.133. The second-order valence-electron chi connectivity index (χ2n) is 7.83. The van der Waals surface area contributed by atoms with Crippen LogP contribution in [0.1, 0.15) is 24.0 Å². The highest BCUT2D eigenvalue weighted by Gasteiger charge is 2.13. The van der Waals surface area contributed by atoms with Crippen LogP contribution in [0, 0.1) is 0 Å². The monoisotopic (exact) mass is 486 g/mol. The van der Waals surface area contributed by atoms with Crippen molar-refractivity contribution >= 4 is 48.5 Å². The normalized spacial score (nSPS) is 14.5. The lowest BCUT2D eigenvalue weighted by atomic mass is 9.86. The lowest BCUT2D eigenvalue weighted by Gasteiger charge is -2.18. The molecule has 2 heterocycles. The van der Waals surface area contributed by atoms with Crippen molar-refractivity contribution < 1.29 is 0 Å². The van der Waals surface area contributed by atoms with Crippen LogP contribution in [0.3, 0.4) is 0 Å². The summed E-state index contributed by atoms with van der Waals surface area (Å²) in [5.74, 6) is 0. The third kappa shape index (κ3) is 7.47. The fourth-order valence-corrected chi connectivity index (χ4v) is 4.15. The van der Waals surface area contributed by atoms with Crippen LogP contribution in [0.25, 0.3) is 21.5 Å². The summed E-state index contributed by atoms with van der Waals surface area (Å²) in [5, 5.41) is 11.5. The van der Waals surface area contributed by atoms with Gasteiger partial charge in [-0.1, -0.05) is 72.8 Å². The molecule has 0 saturated heterocycles. The summed E-state index contributed by atoms with van der Waals surface area (Å²) >= 11 is 0. The maximum atomic E-state index is 2.92. The molecule has 3 aliphatic rings. The van der Waals surface area contributed by atoms with E-state index in [-0.39, 0.29) is 27.0 Å². The molecule has 2 nitrogen and oxygen atoms in total. The van der Waals surface area contributed by atoms with Crippen molar-refractivity contribution in [2.24, 2.45) is 0 Å². The molecule has 0 unspecified atom stereocenters. The minimum Gasteiger partial charge on any atom is -0.368 e. The number of rotatable bonds is 0. The van der Waals surface area contributed by atoms with Gasteiger partial charge in [0.1, 0.15) is 0 Å². The van der Waals surface area contributed by atoms with Crippen LogP contribution in [0.5, 0.6) is 0 Å². The lowest BCUT2D eigenvalue weighted by molar-refractivity contribution is 0.690. The second-order valence-corrected chi connectivity index (χ2v) is 7.83. The van der Waals surface area contributed by atoms with Gasteiger partial charge in [0.25, 0.3) is 0 Å². The van der Waals surface area contributed by atoms with Gasteiger partial charge in [0.05, 0.1) is 0 Å². The Kier molecular flexibility index (Phi) is 11.9. The molecule has 0 atom stereocenters. The predicted molar refractivity (Wildman–Crippen MR) is 160 cm³/mol. The molecule has 2 N–H and O–H groups in total. The minimum absolute atomic E-state index is 0. The first kappa shape index (κ1) is 27.2. The number of benzene rings is 3. The number of allylic oxidation sites excluding steroid dienone is 8. The van der Waals surface area contributed by atoms with Gasteiger partial charge < -0.3 is 10.6 Å². The van der Waals surface area contributed by atoms with Gasteiger partial charge in [-0.25, -0.2) is 0 Å². The summed E-state index contributed by atoms with van der Waals surface area (Å²) in [5.41, 5.74) is 3.17. The van der Waals surface area contributed by atoms with Crippen molar-refractivity contribution in [3.8, 4) is 0 Å². The zero-order valence-electron chi connectivity index (χ0n) is 19.4. The van der Waals surface area contributed by atoms with Crippen LogP contribution in [0.4, 0.5) is 0 Å². The number of fused-ring (bicyclic) bond motifs is 5. The molecule has 1 aliphatic carbocycles. The van der Waals surface area contributed by atoms with E-state index in [1.54, 1.807) is 11.1 Å². The molecule has 0 amide bonds. The molecule has 0 radical (unpaired) electrons. The van der Waals surface area contributed by atoms with Gasteiger partial charge in [-0.05, 0) is 82.7 Å². The highest BCUT2D eigenvalue weighted by atomic mass is 32.1. The quantitative estimate of drug-likeness (QED) is 0.323. The molecule has 34 heavy (non-hydrogen) atoms. The van der Waals surface area contributed by atoms with E-state index in [1.165, 1.54) is 47.2 Å². The summed E-state index contributed by atoms with van der Waals surface area (Å²) in [7, 11) is 0. The van der Waals surface area contributed by atoms with Crippen LogP contribution in [-0.4, -0.2) is 0 Å². The van der Waals surface area contributed by atoms with Crippen molar-refractivity contribution in [2.75, 3.05) is 0 Å². The Bertz CT molecular complexity index is 1170. The van der Waals surface area contributed by atoms with Crippen LogP contribution in [-0.2, 0) is 12.8 Å². The van der Waals surface area contributed by atoms with Crippen LogP contribution in [0.15, 0.2) is 122 Å². The van der Waals surface area contributed by atoms with Gasteiger partial charge in [0.15, 0.2) is 0 Å². The Morgan fingerprint density at radius 2 is 1.03 bits per heavy atom. The SMILES string of the molecule is C1=CC=CNC=C1.C1=CC=CNC=C1.S.S.c1ccc2c(c1)ccc1c3c(ccc12)CCCC3. The smallest absolute Gasteiger partial charge is 0.000442 e. The Labute approximate surface area is 217 Å². The molecule has 3 aromatic rings. The average molecular weight is 487 g/mol. The van der Waals surface area contributed by atoms with Gasteiger partial charge in [-0.15, -0.1) is 0 Å². The van der Waals surface area contributed by atoms with Crippen molar-refractivity contribution in [2.45, 2.75) is 25.7 Å². The average Bonchev–Trinajstić information content (AvgIpc) is 3.35. The van der Waals surface area contributed by atoms with E-state index < -0.39 is 0 Å². The highest BCUT2D eigenvalue weighted by Crippen LogP contribution is 2.33. The summed E-state index contributed by atoms with van der Waals surface area (Å²) in [6.45, 7) is 0. The topological polar surface area (TPSA) is 24.1 Å². The van der Waals surface area contributed by atoms with Gasteiger partial charge in [0.2, 0.25) is 0 Å². The zero-order valence-corrected chi connectivity index (χ0v) is 21.4. The summed E-state index contributed by atoms with van der Waals surface area (Å²) < 4.78 is 0. The molecule has 0 saturated carbocycles. The molecule has 0 fully saturated rings. The molecule has 0 spiro atoms. The number of aryl methyl sites for hydroxylation is 2. The molecule has 4 heteroatoms. The predicted octanol–water partition coefficient (Wildman–Crippen LogP) is 7.44. The standard InChI is InChI=1S/C18H16.2C6H7N.2H2S/c1-3-7-15-13(5-1)9-11-18-16-8-4-2-6-14(16)10-12-17(15)18;2*1-2-4-6-7-5-3-1;;/h1,3,5,7,9-12H,2,4,6,8H2;2*1-7H;2*1H2. The minimum atomic E-state index is 0. The van der Waals surface area contributed by atoms with Crippen molar-refractivity contribution in [3.63, 3.8) is 0 Å². The summed E-state index contributed by atoms with van der Waals surface area (Å²) in [6.07, 6.45) is 28.4. The van der Waals surface area contributed by atoms with Crippen molar-refractivity contribution in [1.82, 2.24) is 10.6 Å². The largest absolute Gasteiger partial charge is 0.368 e. The Balaban J connectivity index is 0.000000214. The van der Waals surface area contributed by atoms with Gasteiger partial charge in [-0.2, -0.15) is 27.0 Å². The first-order valence-corrected chi connectivity index (χ1v) is 11.3. The van der Waals surface area contributed by atoms with Crippen molar-refractivity contribution in [3.05, 3.63) is 133 Å². The first-order valence-electron chi connectivity index (χ1n) is 11.3. The van der Waals surface area contributed by atoms with E-state index in [0.29, 0.717) is 0 Å². The van der Waals surface area contributed by atoms with E-state index in [1.807, 2.05) is 73.4 Å². The molecule has 2 aliphatic heterocycles. The van der Waals surface area contributed by atoms with Crippen molar-refractivity contribution in [1.29, 1.82) is 0 Å². The van der Waals surface area contributed by atoms with Crippen LogP contribution in [0.2, 0.25) is 0 Å². The molecule has 6 rings (SSSR count). The van der Waals surface area contributed by atoms with Gasteiger partial charge in [-0.3, -0.25) is 0 Å².